The molecule has 4 nitrogen and oxygen atoms in total. The zero-order valence-corrected chi connectivity index (χ0v) is 13.2. The average molecular weight is 394 g/mol. The third-order valence-electron chi connectivity index (χ3n) is 2.12. The Morgan fingerprint density at radius 3 is 2.89 bits per heavy atom. The molecule has 0 aliphatic heterocycles. The topological polar surface area (TPSA) is 57.9 Å². The van der Waals surface area contributed by atoms with Gasteiger partial charge in [0.1, 0.15) is 11.7 Å². The van der Waals surface area contributed by atoms with Crippen molar-refractivity contribution in [3.8, 4) is 5.75 Å². The van der Waals surface area contributed by atoms with Gasteiger partial charge in [0.25, 0.3) is 0 Å². The van der Waals surface area contributed by atoms with E-state index in [1.165, 1.54) is 0 Å². The number of aromatic nitrogens is 2. The summed E-state index contributed by atoms with van der Waals surface area (Å²) in [5, 5.41) is 0. The number of halogens is 2. The van der Waals surface area contributed by atoms with Gasteiger partial charge in [0.05, 0.1) is 4.47 Å². The number of ether oxygens (including phenoxy) is 1. The highest BCUT2D eigenvalue weighted by Crippen LogP contribution is 2.32. The Labute approximate surface area is 125 Å². The predicted molar refractivity (Wildman–Crippen MR) is 80.0 cm³/mol. The zero-order valence-electron chi connectivity index (χ0n) is 9.20. The third kappa shape index (κ3) is 3.66. The Kier molecular flexibility index (Phi) is 4.96. The first-order valence-corrected chi connectivity index (χ1v) is 7.82. The molecule has 0 unspecified atom stereocenters. The van der Waals surface area contributed by atoms with Crippen molar-refractivity contribution < 1.29 is 4.74 Å². The van der Waals surface area contributed by atoms with Crippen molar-refractivity contribution >= 4 is 43.6 Å². The van der Waals surface area contributed by atoms with Crippen molar-refractivity contribution in [3.05, 3.63) is 49.5 Å². The van der Waals surface area contributed by atoms with Gasteiger partial charge in [-0.3, -0.25) is 0 Å². The van der Waals surface area contributed by atoms with E-state index in [9.17, 15) is 4.79 Å². The first-order chi connectivity index (χ1) is 8.66. The molecule has 0 bridgehead atoms. The smallest absolute Gasteiger partial charge is 0.323 e. The number of rotatable bonds is 5. The van der Waals surface area contributed by atoms with Crippen LogP contribution in [-0.4, -0.2) is 15.9 Å². The molecule has 96 valence electrons. The lowest BCUT2D eigenvalue weighted by molar-refractivity contribution is 0.390. The second-order valence-electron chi connectivity index (χ2n) is 3.43. The van der Waals surface area contributed by atoms with Gasteiger partial charge < -0.3 is 14.7 Å². The summed E-state index contributed by atoms with van der Waals surface area (Å²) in [6.45, 7) is 0. The molecule has 1 aromatic heterocycles. The van der Waals surface area contributed by atoms with E-state index in [0.717, 1.165) is 20.4 Å². The Hall–Kier alpha value is -0.660. The summed E-state index contributed by atoms with van der Waals surface area (Å²) in [6.07, 6.45) is 1.67. The van der Waals surface area contributed by atoms with Gasteiger partial charge in [-0.15, -0.1) is 11.8 Å². The molecule has 2 N–H and O–H groups in total. The van der Waals surface area contributed by atoms with Gasteiger partial charge in [0, 0.05) is 22.1 Å². The lowest BCUT2D eigenvalue weighted by atomic mass is 10.3. The molecule has 1 heterocycles. The first-order valence-electron chi connectivity index (χ1n) is 5.08. The SMILES string of the molecule is O=c1[nH]cc(CSCOc2cccc(Br)c2Br)[nH]1. The van der Waals surface area contributed by atoms with E-state index in [0.29, 0.717) is 11.7 Å². The molecule has 2 aromatic rings. The van der Waals surface area contributed by atoms with Crippen molar-refractivity contribution in [2.75, 3.05) is 5.94 Å². The number of hydrogen-bond donors (Lipinski definition) is 2. The molecule has 0 saturated heterocycles. The standard InChI is InChI=1S/C11H10Br2N2O2S/c12-8-2-1-3-9(10(8)13)17-6-18-5-7-4-14-11(16)15-7/h1-4H,5-6H2,(H2,14,15,16). The van der Waals surface area contributed by atoms with Gasteiger partial charge >= 0.3 is 5.69 Å². The molecule has 18 heavy (non-hydrogen) atoms. The van der Waals surface area contributed by atoms with E-state index in [4.69, 9.17) is 4.74 Å². The minimum absolute atomic E-state index is 0.179. The fraction of sp³-hybridized carbons (Fsp3) is 0.182. The van der Waals surface area contributed by atoms with Crippen LogP contribution in [0, 0.1) is 0 Å². The van der Waals surface area contributed by atoms with Gasteiger partial charge in [-0.25, -0.2) is 4.79 Å². The van der Waals surface area contributed by atoms with Crippen LogP contribution in [0.5, 0.6) is 5.75 Å². The third-order valence-corrected chi connectivity index (χ3v) is 4.93. The molecule has 0 saturated carbocycles. The quantitative estimate of drug-likeness (QED) is 0.603. The largest absolute Gasteiger partial charge is 0.482 e. The summed E-state index contributed by atoms with van der Waals surface area (Å²) in [5.74, 6) is 2.01. The number of hydrogen-bond acceptors (Lipinski definition) is 3. The molecule has 0 atom stereocenters. The summed E-state index contributed by atoms with van der Waals surface area (Å²) < 4.78 is 7.49. The van der Waals surface area contributed by atoms with Crippen molar-refractivity contribution in [3.63, 3.8) is 0 Å². The summed E-state index contributed by atoms with van der Waals surface area (Å²) in [4.78, 5) is 16.1. The monoisotopic (exact) mass is 392 g/mol. The van der Waals surface area contributed by atoms with Crippen LogP contribution < -0.4 is 10.4 Å². The molecular formula is C11H10Br2N2O2S. The van der Waals surface area contributed by atoms with E-state index in [1.54, 1.807) is 18.0 Å². The predicted octanol–water partition coefficient (Wildman–Crippen LogP) is 3.50. The number of aromatic amines is 2. The number of H-pyrrole nitrogens is 2. The van der Waals surface area contributed by atoms with Crippen molar-refractivity contribution in [2.45, 2.75) is 5.75 Å². The number of benzene rings is 1. The van der Waals surface area contributed by atoms with Gasteiger partial charge in [-0.2, -0.15) is 0 Å². The molecule has 0 aliphatic rings. The lowest BCUT2D eigenvalue weighted by Gasteiger charge is -2.08. The maximum absolute atomic E-state index is 10.9. The van der Waals surface area contributed by atoms with Crippen LogP contribution in [0.2, 0.25) is 0 Å². The van der Waals surface area contributed by atoms with Gasteiger partial charge in [-0.1, -0.05) is 6.07 Å². The van der Waals surface area contributed by atoms with Crippen molar-refractivity contribution in [2.24, 2.45) is 0 Å². The van der Waals surface area contributed by atoms with Crippen LogP contribution in [-0.2, 0) is 5.75 Å². The fourth-order valence-corrected chi connectivity index (χ4v) is 2.70. The summed E-state index contributed by atoms with van der Waals surface area (Å²) in [7, 11) is 0. The molecular weight excluding hydrogens is 384 g/mol. The lowest BCUT2D eigenvalue weighted by Crippen LogP contribution is -2.01. The molecule has 7 heteroatoms. The van der Waals surface area contributed by atoms with Gasteiger partial charge in [0.15, 0.2) is 0 Å². The van der Waals surface area contributed by atoms with Crippen molar-refractivity contribution in [1.29, 1.82) is 0 Å². The normalized spacial score (nSPS) is 10.6. The Balaban J connectivity index is 1.82. The van der Waals surface area contributed by atoms with Crippen LogP contribution >= 0.6 is 43.6 Å². The maximum atomic E-state index is 10.9. The van der Waals surface area contributed by atoms with Gasteiger partial charge in [-0.05, 0) is 44.0 Å². The maximum Gasteiger partial charge on any atom is 0.323 e. The van der Waals surface area contributed by atoms with Crippen LogP contribution in [0.15, 0.2) is 38.1 Å². The number of thioether (sulfide) groups is 1. The molecule has 0 aliphatic carbocycles. The fourth-order valence-electron chi connectivity index (χ4n) is 1.30. The molecule has 0 fully saturated rings. The Morgan fingerprint density at radius 1 is 1.33 bits per heavy atom. The van der Waals surface area contributed by atoms with E-state index >= 15 is 0 Å². The van der Waals surface area contributed by atoms with Crippen LogP contribution in [0.3, 0.4) is 0 Å². The average Bonchev–Trinajstić information content (AvgIpc) is 2.76. The molecule has 1 aromatic carbocycles. The first kappa shape index (κ1) is 13.8. The minimum Gasteiger partial charge on any atom is -0.482 e. The van der Waals surface area contributed by atoms with E-state index in [-0.39, 0.29) is 5.69 Å². The van der Waals surface area contributed by atoms with E-state index < -0.39 is 0 Å². The zero-order chi connectivity index (χ0) is 13.0. The summed E-state index contributed by atoms with van der Waals surface area (Å²) >= 11 is 8.44. The molecule has 0 radical (unpaired) electrons. The van der Waals surface area contributed by atoms with E-state index in [1.807, 2.05) is 18.2 Å². The van der Waals surface area contributed by atoms with Crippen molar-refractivity contribution in [1.82, 2.24) is 9.97 Å². The molecule has 0 amide bonds. The van der Waals surface area contributed by atoms with Crippen LogP contribution in [0.25, 0.3) is 0 Å². The second-order valence-corrected chi connectivity index (χ2v) is 6.01. The Bertz CT molecular complexity index is 582. The van der Waals surface area contributed by atoms with Gasteiger partial charge in [0.2, 0.25) is 0 Å². The summed E-state index contributed by atoms with van der Waals surface area (Å²) in [6, 6.07) is 5.75. The van der Waals surface area contributed by atoms with E-state index in [2.05, 4.69) is 41.8 Å². The Morgan fingerprint density at radius 2 is 2.17 bits per heavy atom. The highest BCUT2D eigenvalue weighted by atomic mass is 79.9. The minimum atomic E-state index is -0.179. The van der Waals surface area contributed by atoms with Crippen LogP contribution in [0.4, 0.5) is 0 Å². The molecule has 0 spiro atoms. The van der Waals surface area contributed by atoms with Crippen LogP contribution in [0.1, 0.15) is 5.69 Å². The molecule has 2 rings (SSSR count). The number of imidazole rings is 1. The second kappa shape index (κ2) is 6.49. The number of nitrogens with one attached hydrogen (secondary N) is 2. The summed E-state index contributed by atoms with van der Waals surface area (Å²) in [5.41, 5.74) is 0.683. The highest BCUT2D eigenvalue weighted by Gasteiger charge is 2.04. The highest BCUT2D eigenvalue weighted by molar-refractivity contribution is 9.13.